The number of benzene rings is 1. The van der Waals surface area contributed by atoms with Gasteiger partial charge in [-0.25, -0.2) is 0 Å². The van der Waals surface area contributed by atoms with Gasteiger partial charge in [0.15, 0.2) is 0 Å². The van der Waals surface area contributed by atoms with Crippen LogP contribution in [0.25, 0.3) is 0 Å². The van der Waals surface area contributed by atoms with Crippen LogP contribution in [-0.4, -0.2) is 25.7 Å². The Hall–Kier alpha value is -1.55. The third-order valence-electron chi connectivity index (χ3n) is 2.88. The van der Waals surface area contributed by atoms with Crippen LogP contribution in [0.15, 0.2) is 18.2 Å². The largest absolute Gasteiger partial charge is 0.399 e. The number of fused-ring (bicyclic) bond motifs is 1. The molecule has 0 fully saturated rings. The normalized spacial score (nSPS) is 16.4. The van der Waals surface area contributed by atoms with Crippen molar-refractivity contribution in [3.05, 3.63) is 23.8 Å². The summed E-state index contributed by atoms with van der Waals surface area (Å²) < 4.78 is 5.18. The molecule has 1 aliphatic rings. The van der Waals surface area contributed by atoms with Crippen molar-refractivity contribution in [2.24, 2.45) is 0 Å². The number of nitrogen functional groups attached to an aromatic ring is 1. The highest BCUT2D eigenvalue weighted by Crippen LogP contribution is 2.30. The predicted octanol–water partition coefficient (Wildman–Crippen LogP) is 1.19. The Morgan fingerprint density at radius 2 is 2.31 bits per heavy atom. The molecule has 1 aromatic carbocycles. The molecular formula is C12H16N2O2. The Morgan fingerprint density at radius 1 is 1.56 bits per heavy atom. The van der Waals surface area contributed by atoms with E-state index in [-0.39, 0.29) is 12.0 Å². The first kappa shape index (κ1) is 11.0. The Kier molecular flexibility index (Phi) is 2.83. The van der Waals surface area contributed by atoms with Crippen LogP contribution >= 0.6 is 0 Å². The molecule has 1 aliphatic heterocycles. The molecule has 86 valence electrons. The Labute approximate surface area is 95.0 Å². The molecule has 1 aromatic rings. The topological polar surface area (TPSA) is 55.6 Å². The first-order valence-electron chi connectivity index (χ1n) is 5.33. The molecule has 1 unspecified atom stereocenters. The Morgan fingerprint density at radius 3 is 3.00 bits per heavy atom. The van der Waals surface area contributed by atoms with E-state index in [1.807, 2.05) is 25.1 Å². The molecule has 0 aromatic heterocycles. The molecule has 4 nitrogen and oxygen atoms in total. The maximum absolute atomic E-state index is 11.8. The van der Waals surface area contributed by atoms with Gasteiger partial charge in [0.25, 0.3) is 0 Å². The predicted molar refractivity (Wildman–Crippen MR) is 63.4 cm³/mol. The van der Waals surface area contributed by atoms with Crippen LogP contribution in [0.4, 0.5) is 11.4 Å². The average molecular weight is 220 g/mol. The standard InChI is InChI=1S/C12H16N2O2/c1-8(16-2)7-14-11-4-3-10(13)5-9(11)6-12(14)15/h3-5,8H,6-7,13H2,1-2H3. The minimum absolute atomic E-state index is 0.0347. The lowest BCUT2D eigenvalue weighted by molar-refractivity contribution is -0.117. The van der Waals surface area contributed by atoms with Gasteiger partial charge in [-0.05, 0) is 30.7 Å². The summed E-state index contributed by atoms with van der Waals surface area (Å²) in [5.74, 6) is 0.115. The highest BCUT2D eigenvalue weighted by Gasteiger charge is 2.28. The number of nitrogens with two attached hydrogens (primary N) is 1. The molecule has 0 saturated heterocycles. The van der Waals surface area contributed by atoms with Crippen molar-refractivity contribution >= 4 is 17.3 Å². The van der Waals surface area contributed by atoms with Gasteiger partial charge in [-0.1, -0.05) is 0 Å². The van der Waals surface area contributed by atoms with Crippen molar-refractivity contribution in [2.75, 3.05) is 24.3 Å². The minimum atomic E-state index is 0.0347. The molecule has 0 radical (unpaired) electrons. The van der Waals surface area contributed by atoms with Crippen LogP contribution in [0.3, 0.4) is 0 Å². The maximum atomic E-state index is 11.8. The average Bonchev–Trinajstić information content (AvgIpc) is 2.54. The van der Waals surface area contributed by atoms with Crippen LogP contribution < -0.4 is 10.6 Å². The summed E-state index contributed by atoms with van der Waals surface area (Å²) in [6, 6.07) is 5.59. The van der Waals surface area contributed by atoms with Gasteiger partial charge in [0, 0.05) is 18.5 Å². The Balaban J connectivity index is 2.26. The van der Waals surface area contributed by atoms with E-state index in [1.165, 1.54) is 0 Å². The van der Waals surface area contributed by atoms with Crippen molar-refractivity contribution in [3.63, 3.8) is 0 Å². The van der Waals surface area contributed by atoms with Crippen molar-refractivity contribution in [1.82, 2.24) is 0 Å². The van der Waals surface area contributed by atoms with E-state index >= 15 is 0 Å². The zero-order chi connectivity index (χ0) is 11.7. The first-order chi connectivity index (χ1) is 7.61. The molecule has 0 spiro atoms. The lowest BCUT2D eigenvalue weighted by Crippen LogP contribution is -2.34. The van der Waals surface area contributed by atoms with E-state index in [2.05, 4.69) is 0 Å². The van der Waals surface area contributed by atoms with Gasteiger partial charge >= 0.3 is 0 Å². The summed E-state index contributed by atoms with van der Waals surface area (Å²) in [6.45, 7) is 2.54. The number of amides is 1. The van der Waals surface area contributed by atoms with E-state index in [4.69, 9.17) is 10.5 Å². The molecule has 1 atom stereocenters. The number of nitrogens with zero attached hydrogens (tertiary/aromatic N) is 1. The third-order valence-corrected chi connectivity index (χ3v) is 2.88. The summed E-state index contributed by atoms with van der Waals surface area (Å²) in [7, 11) is 1.65. The van der Waals surface area contributed by atoms with Crippen molar-refractivity contribution in [2.45, 2.75) is 19.4 Å². The van der Waals surface area contributed by atoms with Gasteiger partial charge in [0.2, 0.25) is 5.91 Å². The van der Waals surface area contributed by atoms with Crippen LogP contribution in [0.1, 0.15) is 12.5 Å². The van der Waals surface area contributed by atoms with Gasteiger partial charge in [-0.3, -0.25) is 4.79 Å². The van der Waals surface area contributed by atoms with Crippen molar-refractivity contribution in [3.8, 4) is 0 Å². The van der Waals surface area contributed by atoms with E-state index < -0.39 is 0 Å². The summed E-state index contributed by atoms with van der Waals surface area (Å²) >= 11 is 0. The monoisotopic (exact) mass is 220 g/mol. The van der Waals surface area contributed by atoms with Crippen molar-refractivity contribution in [1.29, 1.82) is 0 Å². The fourth-order valence-electron chi connectivity index (χ4n) is 1.93. The van der Waals surface area contributed by atoms with E-state index in [1.54, 1.807) is 12.0 Å². The van der Waals surface area contributed by atoms with Gasteiger partial charge < -0.3 is 15.4 Å². The number of carbonyl (C=O) groups excluding carboxylic acids is 1. The molecular weight excluding hydrogens is 204 g/mol. The maximum Gasteiger partial charge on any atom is 0.231 e. The molecule has 0 aliphatic carbocycles. The SMILES string of the molecule is COC(C)CN1C(=O)Cc2cc(N)ccc21. The zero-order valence-electron chi connectivity index (χ0n) is 9.56. The molecule has 16 heavy (non-hydrogen) atoms. The molecule has 4 heteroatoms. The lowest BCUT2D eigenvalue weighted by Gasteiger charge is -2.21. The first-order valence-corrected chi connectivity index (χ1v) is 5.33. The molecule has 2 N–H and O–H groups in total. The summed E-state index contributed by atoms with van der Waals surface area (Å²) in [5, 5.41) is 0. The third kappa shape index (κ3) is 1.88. The smallest absolute Gasteiger partial charge is 0.231 e. The number of hydrogen-bond acceptors (Lipinski definition) is 3. The van der Waals surface area contributed by atoms with Crippen LogP contribution in [0.5, 0.6) is 0 Å². The lowest BCUT2D eigenvalue weighted by atomic mass is 10.1. The molecule has 0 bridgehead atoms. The van der Waals surface area contributed by atoms with Crippen LogP contribution in [0, 0.1) is 0 Å². The second kappa shape index (κ2) is 4.14. The van der Waals surface area contributed by atoms with Crippen LogP contribution in [-0.2, 0) is 16.0 Å². The number of rotatable bonds is 3. The molecule has 2 rings (SSSR count). The van der Waals surface area contributed by atoms with E-state index in [9.17, 15) is 4.79 Å². The zero-order valence-corrected chi connectivity index (χ0v) is 9.56. The number of hydrogen-bond donors (Lipinski definition) is 1. The number of methoxy groups -OCH3 is 1. The number of carbonyl (C=O) groups is 1. The van der Waals surface area contributed by atoms with Gasteiger partial charge in [0.05, 0.1) is 19.1 Å². The summed E-state index contributed by atoms with van der Waals surface area (Å²) in [5.41, 5.74) is 8.37. The minimum Gasteiger partial charge on any atom is -0.399 e. The summed E-state index contributed by atoms with van der Waals surface area (Å²) in [6.07, 6.45) is 0.476. The van der Waals surface area contributed by atoms with Gasteiger partial charge in [-0.15, -0.1) is 0 Å². The summed E-state index contributed by atoms with van der Waals surface area (Å²) in [4.78, 5) is 13.6. The van der Waals surface area contributed by atoms with Gasteiger partial charge in [-0.2, -0.15) is 0 Å². The van der Waals surface area contributed by atoms with E-state index in [0.29, 0.717) is 18.7 Å². The second-order valence-corrected chi connectivity index (χ2v) is 4.12. The highest BCUT2D eigenvalue weighted by molar-refractivity contribution is 6.01. The second-order valence-electron chi connectivity index (χ2n) is 4.12. The highest BCUT2D eigenvalue weighted by atomic mass is 16.5. The Bertz CT molecular complexity index is 417. The van der Waals surface area contributed by atoms with Crippen LogP contribution in [0.2, 0.25) is 0 Å². The van der Waals surface area contributed by atoms with Gasteiger partial charge in [0.1, 0.15) is 0 Å². The number of ether oxygens (including phenoxy) is 1. The molecule has 0 saturated carbocycles. The van der Waals surface area contributed by atoms with E-state index in [0.717, 1.165) is 11.3 Å². The molecule has 1 heterocycles. The fourth-order valence-corrected chi connectivity index (χ4v) is 1.93. The quantitative estimate of drug-likeness (QED) is 0.778. The number of anilines is 2. The van der Waals surface area contributed by atoms with Crippen molar-refractivity contribution < 1.29 is 9.53 Å². The fraction of sp³-hybridized carbons (Fsp3) is 0.417. The molecule has 1 amide bonds.